The van der Waals surface area contributed by atoms with Gasteiger partial charge in [0.05, 0.1) is 11.3 Å². The van der Waals surface area contributed by atoms with E-state index in [4.69, 9.17) is 5.26 Å². The Morgan fingerprint density at radius 2 is 2.05 bits per heavy atom. The Labute approximate surface area is 121 Å². The van der Waals surface area contributed by atoms with Crippen LogP contribution in [0.15, 0.2) is 22.7 Å². The van der Waals surface area contributed by atoms with Crippen LogP contribution >= 0.6 is 15.9 Å². The Morgan fingerprint density at radius 1 is 1.32 bits per heavy atom. The van der Waals surface area contributed by atoms with E-state index in [1.165, 1.54) is 19.3 Å². The van der Waals surface area contributed by atoms with Gasteiger partial charge in [-0.05, 0) is 31.0 Å². The number of nitriles is 1. The number of anilines is 1. The minimum atomic E-state index is -0.231. The predicted molar refractivity (Wildman–Crippen MR) is 77.9 cm³/mol. The quantitative estimate of drug-likeness (QED) is 0.870. The molecule has 0 spiro atoms. The van der Waals surface area contributed by atoms with Crippen LogP contribution in [0.5, 0.6) is 0 Å². The second kappa shape index (κ2) is 6.58. The highest BCUT2D eigenvalue weighted by molar-refractivity contribution is 9.10. The molecule has 1 aliphatic carbocycles. The van der Waals surface area contributed by atoms with E-state index in [1.807, 2.05) is 0 Å². The van der Waals surface area contributed by atoms with Crippen molar-refractivity contribution >= 4 is 27.6 Å². The Bertz CT molecular complexity index is 504. The largest absolute Gasteiger partial charge is 0.335 e. The topological polar surface area (TPSA) is 64.9 Å². The molecule has 0 aliphatic heterocycles. The van der Waals surface area contributed by atoms with E-state index in [-0.39, 0.29) is 12.1 Å². The molecular weight excluding hydrogens is 306 g/mol. The van der Waals surface area contributed by atoms with Gasteiger partial charge in [0, 0.05) is 10.5 Å². The summed E-state index contributed by atoms with van der Waals surface area (Å²) < 4.78 is 0.822. The Morgan fingerprint density at radius 3 is 2.74 bits per heavy atom. The van der Waals surface area contributed by atoms with E-state index < -0.39 is 0 Å². The maximum absolute atomic E-state index is 11.9. The molecule has 0 heterocycles. The average molecular weight is 322 g/mol. The fourth-order valence-corrected chi connectivity index (χ4v) is 2.67. The first-order valence-corrected chi connectivity index (χ1v) is 7.25. The van der Waals surface area contributed by atoms with E-state index in [2.05, 4.69) is 32.6 Å². The number of hydrogen-bond acceptors (Lipinski definition) is 2. The van der Waals surface area contributed by atoms with E-state index in [9.17, 15) is 4.79 Å². The van der Waals surface area contributed by atoms with Crippen molar-refractivity contribution in [2.75, 3.05) is 5.32 Å². The number of amides is 2. The number of nitrogens with zero attached hydrogens (tertiary/aromatic N) is 1. The SMILES string of the molecule is N#Cc1cc(Br)ccc1NC(=O)NC1CCCCC1. The minimum absolute atomic E-state index is 0.231. The summed E-state index contributed by atoms with van der Waals surface area (Å²) in [7, 11) is 0. The van der Waals surface area contributed by atoms with Crippen LogP contribution in [0.2, 0.25) is 0 Å². The van der Waals surface area contributed by atoms with Crippen molar-refractivity contribution in [2.45, 2.75) is 38.1 Å². The molecule has 0 saturated heterocycles. The van der Waals surface area contributed by atoms with Crippen molar-refractivity contribution in [3.8, 4) is 6.07 Å². The smallest absolute Gasteiger partial charge is 0.319 e. The first-order valence-electron chi connectivity index (χ1n) is 6.46. The first-order chi connectivity index (χ1) is 9.19. The van der Waals surface area contributed by atoms with Crippen molar-refractivity contribution in [1.29, 1.82) is 5.26 Å². The zero-order valence-electron chi connectivity index (χ0n) is 10.6. The van der Waals surface area contributed by atoms with Gasteiger partial charge in [-0.3, -0.25) is 0 Å². The van der Waals surface area contributed by atoms with Crippen LogP contribution in [0.25, 0.3) is 0 Å². The maximum Gasteiger partial charge on any atom is 0.319 e. The summed E-state index contributed by atoms with van der Waals surface area (Å²) in [4.78, 5) is 11.9. The summed E-state index contributed by atoms with van der Waals surface area (Å²) >= 11 is 3.30. The second-order valence-corrected chi connectivity index (χ2v) is 5.65. The highest BCUT2D eigenvalue weighted by Crippen LogP contribution is 2.21. The van der Waals surface area contributed by atoms with Crippen LogP contribution in [0.4, 0.5) is 10.5 Å². The lowest BCUT2D eigenvalue weighted by Crippen LogP contribution is -2.39. The number of hydrogen-bond donors (Lipinski definition) is 2. The molecule has 2 N–H and O–H groups in total. The number of benzene rings is 1. The molecule has 100 valence electrons. The summed E-state index contributed by atoms with van der Waals surface area (Å²) in [5.74, 6) is 0. The molecule has 4 nitrogen and oxygen atoms in total. The predicted octanol–water partition coefficient (Wildman–Crippen LogP) is 3.77. The number of rotatable bonds is 2. The average Bonchev–Trinajstić information content (AvgIpc) is 2.42. The summed E-state index contributed by atoms with van der Waals surface area (Å²) in [6.45, 7) is 0. The van der Waals surface area contributed by atoms with Gasteiger partial charge in [0.15, 0.2) is 0 Å². The lowest BCUT2D eigenvalue weighted by molar-refractivity contribution is 0.244. The van der Waals surface area contributed by atoms with Crippen molar-refractivity contribution in [1.82, 2.24) is 5.32 Å². The van der Waals surface area contributed by atoms with Crippen LogP contribution < -0.4 is 10.6 Å². The van der Waals surface area contributed by atoms with Crippen molar-refractivity contribution in [3.63, 3.8) is 0 Å². The molecule has 2 amide bonds. The van der Waals surface area contributed by atoms with Gasteiger partial charge in [0.2, 0.25) is 0 Å². The van der Waals surface area contributed by atoms with Gasteiger partial charge < -0.3 is 10.6 Å². The number of carbonyl (C=O) groups is 1. The van der Waals surface area contributed by atoms with E-state index in [1.54, 1.807) is 18.2 Å². The van der Waals surface area contributed by atoms with Crippen LogP contribution in [0, 0.1) is 11.3 Å². The number of urea groups is 1. The van der Waals surface area contributed by atoms with E-state index >= 15 is 0 Å². The van der Waals surface area contributed by atoms with Crippen LogP contribution in [-0.4, -0.2) is 12.1 Å². The van der Waals surface area contributed by atoms with Crippen LogP contribution in [-0.2, 0) is 0 Å². The fourth-order valence-electron chi connectivity index (χ4n) is 2.31. The van der Waals surface area contributed by atoms with Gasteiger partial charge in [0.25, 0.3) is 0 Å². The molecule has 0 radical (unpaired) electrons. The first kappa shape index (κ1) is 13.9. The van der Waals surface area contributed by atoms with Gasteiger partial charge in [-0.1, -0.05) is 35.2 Å². The minimum Gasteiger partial charge on any atom is -0.335 e. The van der Waals surface area contributed by atoms with Gasteiger partial charge in [-0.15, -0.1) is 0 Å². The fraction of sp³-hybridized carbons (Fsp3) is 0.429. The van der Waals surface area contributed by atoms with E-state index in [0.717, 1.165) is 17.3 Å². The summed E-state index contributed by atoms with van der Waals surface area (Å²) in [5.41, 5.74) is 0.993. The molecule has 19 heavy (non-hydrogen) atoms. The molecule has 0 atom stereocenters. The van der Waals surface area contributed by atoms with Gasteiger partial charge in [-0.2, -0.15) is 5.26 Å². The molecule has 2 rings (SSSR count). The molecule has 1 aromatic carbocycles. The molecule has 1 saturated carbocycles. The van der Waals surface area contributed by atoms with E-state index in [0.29, 0.717) is 11.3 Å². The molecule has 1 aliphatic rings. The third kappa shape index (κ3) is 3.97. The molecule has 1 fully saturated rings. The Balaban J connectivity index is 1.97. The van der Waals surface area contributed by atoms with Crippen molar-refractivity contribution in [3.05, 3.63) is 28.2 Å². The molecule has 0 unspecified atom stereocenters. The summed E-state index contributed by atoms with van der Waals surface area (Å²) in [5, 5.41) is 14.7. The number of halogens is 1. The van der Waals surface area contributed by atoms with Crippen LogP contribution in [0.1, 0.15) is 37.7 Å². The molecule has 0 aromatic heterocycles. The molecule has 0 bridgehead atoms. The normalized spacial score (nSPS) is 15.6. The van der Waals surface area contributed by atoms with Gasteiger partial charge >= 0.3 is 6.03 Å². The Kier molecular flexibility index (Phi) is 4.80. The number of nitrogens with one attached hydrogen (secondary N) is 2. The van der Waals surface area contributed by atoms with Gasteiger partial charge in [0.1, 0.15) is 6.07 Å². The lowest BCUT2D eigenvalue weighted by Gasteiger charge is -2.23. The Hall–Kier alpha value is -1.54. The summed E-state index contributed by atoms with van der Waals surface area (Å²) in [6.07, 6.45) is 5.68. The maximum atomic E-state index is 11.9. The highest BCUT2D eigenvalue weighted by atomic mass is 79.9. The molecular formula is C14H16BrN3O. The third-order valence-corrected chi connectivity index (χ3v) is 3.78. The summed E-state index contributed by atoms with van der Waals surface area (Å²) in [6, 6.07) is 7.32. The molecule has 1 aromatic rings. The standard InChI is InChI=1S/C14H16BrN3O/c15-11-6-7-13(10(8-11)9-16)18-14(19)17-12-4-2-1-3-5-12/h6-8,12H,1-5H2,(H2,17,18,19). The highest BCUT2D eigenvalue weighted by Gasteiger charge is 2.16. The van der Waals surface area contributed by atoms with Crippen molar-refractivity contribution in [2.24, 2.45) is 0 Å². The van der Waals surface area contributed by atoms with Crippen molar-refractivity contribution < 1.29 is 4.79 Å². The second-order valence-electron chi connectivity index (χ2n) is 4.74. The molecule has 5 heteroatoms. The zero-order chi connectivity index (χ0) is 13.7. The third-order valence-electron chi connectivity index (χ3n) is 3.29. The monoisotopic (exact) mass is 321 g/mol. The van der Waals surface area contributed by atoms with Gasteiger partial charge in [-0.25, -0.2) is 4.79 Å². The number of carbonyl (C=O) groups excluding carboxylic acids is 1. The lowest BCUT2D eigenvalue weighted by atomic mass is 9.96. The zero-order valence-corrected chi connectivity index (χ0v) is 12.2. The van der Waals surface area contributed by atoms with Crippen LogP contribution in [0.3, 0.4) is 0 Å².